The molecule has 3 aromatic rings. The SMILES string of the molecule is COc1ccc(-c2cnc(CCC(=O)NCC3CCN(c4ccccc4)C3)o2)cc1. The van der Waals surface area contributed by atoms with Gasteiger partial charge in [0.2, 0.25) is 5.91 Å². The Morgan fingerprint density at radius 3 is 2.77 bits per heavy atom. The average molecular weight is 405 g/mol. The summed E-state index contributed by atoms with van der Waals surface area (Å²) in [7, 11) is 1.64. The number of nitrogens with zero attached hydrogens (tertiary/aromatic N) is 2. The summed E-state index contributed by atoms with van der Waals surface area (Å²) in [6.45, 7) is 2.73. The fourth-order valence-electron chi connectivity index (χ4n) is 3.75. The van der Waals surface area contributed by atoms with Gasteiger partial charge in [0.05, 0.1) is 13.3 Å². The van der Waals surface area contributed by atoms with Crippen LogP contribution in [-0.4, -0.2) is 37.6 Å². The van der Waals surface area contributed by atoms with Crippen molar-refractivity contribution in [1.82, 2.24) is 10.3 Å². The van der Waals surface area contributed by atoms with Crippen LogP contribution in [0.2, 0.25) is 0 Å². The summed E-state index contributed by atoms with van der Waals surface area (Å²) >= 11 is 0. The number of oxazole rings is 1. The molecule has 1 unspecified atom stereocenters. The molecular weight excluding hydrogens is 378 g/mol. The summed E-state index contributed by atoms with van der Waals surface area (Å²) in [5.74, 6) is 2.59. The first-order valence-corrected chi connectivity index (χ1v) is 10.4. The highest BCUT2D eigenvalue weighted by Gasteiger charge is 2.23. The number of aromatic nitrogens is 1. The van der Waals surface area contributed by atoms with E-state index in [4.69, 9.17) is 9.15 Å². The fraction of sp³-hybridized carbons (Fsp3) is 0.333. The lowest BCUT2D eigenvalue weighted by molar-refractivity contribution is -0.121. The number of carbonyl (C=O) groups excluding carboxylic acids is 1. The third kappa shape index (κ3) is 5.00. The number of rotatable bonds is 8. The van der Waals surface area contributed by atoms with Gasteiger partial charge in [-0.2, -0.15) is 0 Å². The molecule has 156 valence electrons. The maximum absolute atomic E-state index is 12.3. The standard InChI is InChI=1S/C24H27N3O3/c1-29-21-9-7-19(8-10-21)22-16-26-24(30-22)12-11-23(28)25-15-18-13-14-27(17-18)20-5-3-2-4-6-20/h2-10,16,18H,11-15,17H2,1H3,(H,25,28). The van der Waals surface area contributed by atoms with Gasteiger partial charge in [0.15, 0.2) is 11.7 Å². The number of amides is 1. The van der Waals surface area contributed by atoms with Gasteiger partial charge in [0, 0.05) is 43.7 Å². The number of hydrogen-bond donors (Lipinski definition) is 1. The van der Waals surface area contributed by atoms with E-state index in [1.54, 1.807) is 13.3 Å². The molecule has 4 rings (SSSR count). The molecule has 2 heterocycles. The normalized spacial score (nSPS) is 15.9. The van der Waals surface area contributed by atoms with Crippen LogP contribution in [0.4, 0.5) is 5.69 Å². The molecule has 1 atom stereocenters. The molecule has 0 aliphatic carbocycles. The number of para-hydroxylation sites is 1. The van der Waals surface area contributed by atoms with Crippen molar-refractivity contribution in [2.75, 3.05) is 31.6 Å². The van der Waals surface area contributed by atoms with Crippen LogP contribution in [0.15, 0.2) is 65.2 Å². The maximum Gasteiger partial charge on any atom is 0.220 e. The number of ether oxygens (including phenoxy) is 1. The van der Waals surface area contributed by atoms with Crippen molar-refractivity contribution in [3.05, 3.63) is 66.7 Å². The predicted molar refractivity (Wildman–Crippen MR) is 117 cm³/mol. The Morgan fingerprint density at radius 1 is 1.20 bits per heavy atom. The van der Waals surface area contributed by atoms with Crippen LogP contribution in [0, 0.1) is 5.92 Å². The second-order valence-corrected chi connectivity index (χ2v) is 7.59. The summed E-state index contributed by atoms with van der Waals surface area (Å²) in [4.78, 5) is 18.9. The van der Waals surface area contributed by atoms with Crippen molar-refractivity contribution in [3.8, 4) is 17.1 Å². The molecule has 6 heteroatoms. The van der Waals surface area contributed by atoms with Gasteiger partial charge >= 0.3 is 0 Å². The van der Waals surface area contributed by atoms with E-state index in [0.29, 0.717) is 37.0 Å². The van der Waals surface area contributed by atoms with Gasteiger partial charge in [-0.25, -0.2) is 4.98 Å². The summed E-state index contributed by atoms with van der Waals surface area (Å²) in [6, 6.07) is 18.0. The molecule has 0 saturated carbocycles. The zero-order valence-electron chi connectivity index (χ0n) is 17.2. The molecule has 1 aromatic heterocycles. The quantitative estimate of drug-likeness (QED) is 0.615. The Bertz CT molecular complexity index is 953. The Kier molecular flexibility index (Phi) is 6.32. The van der Waals surface area contributed by atoms with Crippen molar-refractivity contribution in [2.45, 2.75) is 19.3 Å². The first-order valence-electron chi connectivity index (χ1n) is 10.4. The predicted octanol–water partition coefficient (Wildman–Crippen LogP) is 3.93. The Hall–Kier alpha value is -3.28. The molecule has 6 nitrogen and oxygen atoms in total. The Labute approximate surface area is 176 Å². The lowest BCUT2D eigenvalue weighted by Crippen LogP contribution is -2.31. The number of nitrogens with one attached hydrogen (secondary N) is 1. The van der Waals surface area contributed by atoms with E-state index >= 15 is 0 Å². The summed E-state index contributed by atoms with van der Waals surface area (Å²) in [6.07, 6.45) is 3.66. The second-order valence-electron chi connectivity index (χ2n) is 7.59. The van der Waals surface area contributed by atoms with Crippen LogP contribution in [-0.2, 0) is 11.2 Å². The Morgan fingerprint density at radius 2 is 2.00 bits per heavy atom. The van der Waals surface area contributed by atoms with E-state index in [9.17, 15) is 4.79 Å². The van der Waals surface area contributed by atoms with Crippen molar-refractivity contribution < 1.29 is 13.9 Å². The maximum atomic E-state index is 12.3. The van der Waals surface area contributed by atoms with E-state index in [1.165, 1.54) is 5.69 Å². The minimum Gasteiger partial charge on any atom is -0.497 e. The zero-order valence-corrected chi connectivity index (χ0v) is 17.2. The number of benzene rings is 2. The average Bonchev–Trinajstić information content (AvgIpc) is 3.47. The first-order chi connectivity index (χ1) is 14.7. The number of aryl methyl sites for hydroxylation is 1. The Balaban J connectivity index is 1.20. The van der Waals surface area contributed by atoms with Gasteiger partial charge in [-0.1, -0.05) is 18.2 Å². The van der Waals surface area contributed by atoms with E-state index in [1.807, 2.05) is 30.3 Å². The van der Waals surface area contributed by atoms with Gasteiger partial charge in [-0.15, -0.1) is 0 Å². The van der Waals surface area contributed by atoms with Crippen molar-refractivity contribution in [3.63, 3.8) is 0 Å². The van der Waals surface area contributed by atoms with Crippen molar-refractivity contribution >= 4 is 11.6 Å². The molecule has 0 radical (unpaired) electrons. The third-order valence-corrected chi connectivity index (χ3v) is 5.49. The van der Waals surface area contributed by atoms with Gasteiger partial charge in [-0.3, -0.25) is 4.79 Å². The highest BCUT2D eigenvalue weighted by Crippen LogP contribution is 2.24. The fourth-order valence-corrected chi connectivity index (χ4v) is 3.75. The molecule has 2 aromatic carbocycles. The summed E-state index contributed by atoms with van der Waals surface area (Å²) in [5, 5.41) is 3.07. The first kappa shape index (κ1) is 20.0. The highest BCUT2D eigenvalue weighted by molar-refractivity contribution is 5.76. The molecule has 1 aliphatic rings. The highest BCUT2D eigenvalue weighted by atomic mass is 16.5. The van der Waals surface area contributed by atoms with Gasteiger partial charge < -0.3 is 19.4 Å². The number of carbonyl (C=O) groups is 1. The minimum atomic E-state index is 0.0392. The molecule has 1 amide bonds. The zero-order chi connectivity index (χ0) is 20.8. The molecule has 0 bridgehead atoms. The third-order valence-electron chi connectivity index (χ3n) is 5.49. The lowest BCUT2D eigenvalue weighted by atomic mass is 10.1. The van der Waals surface area contributed by atoms with Gasteiger partial charge in [0.1, 0.15) is 5.75 Å². The summed E-state index contributed by atoms with van der Waals surface area (Å²) < 4.78 is 11.0. The second kappa shape index (κ2) is 9.48. The van der Waals surface area contributed by atoms with Crippen molar-refractivity contribution in [2.24, 2.45) is 5.92 Å². The molecule has 1 saturated heterocycles. The smallest absolute Gasteiger partial charge is 0.220 e. The summed E-state index contributed by atoms with van der Waals surface area (Å²) in [5.41, 5.74) is 2.19. The van der Waals surface area contributed by atoms with Crippen LogP contribution in [0.25, 0.3) is 11.3 Å². The van der Waals surface area contributed by atoms with Gasteiger partial charge in [0.25, 0.3) is 0 Å². The van der Waals surface area contributed by atoms with E-state index < -0.39 is 0 Å². The number of anilines is 1. The number of methoxy groups -OCH3 is 1. The molecule has 1 aliphatic heterocycles. The van der Waals surface area contributed by atoms with Crippen LogP contribution in [0.1, 0.15) is 18.7 Å². The van der Waals surface area contributed by atoms with Crippen LogP contribution in [0.5, 0.6) is 5.75 Å². The molecule has 30 heavy (non-hydrogen) atoms. The molecule has 1 fully saturated rings. The topological polar surface area (TPSA) is 67.6 Å². The van der Waals surface area contributed by atoms with E-state index in [0.717, 1.165) is 30.8 Å². The monoisotopic (exact) mass is 405 g/mol. The minimum absolute atomic E-state index is 0.0392. The van der Waals surface area contributed by atoms with Crippen LogP contribution < -0.4 is 15.0 Å². The lowest BCUT2D eigenvalue weighted by Gasteiger charge is -2.18. The molecule has 1 N–H and O–H groups in total. The van der Waals surface area contributed by atoms with Crippen molar-refractivity contribution in [1.29, 1.82) is 0 Å². The van der Waals surface area contributed by atoms with Crippen LogP contribution in [0.3, 0.4) is 0 Å². The van der Waals surface area contributed by atoms with E-state index in [2.05, 4.69) is 39.5 Å². The molecule has 0 spiro atoms. The largest absolute Gasteiger partial charge is 0.497 e. The van der Waals surface area contributed by atoms with E-state index in [-0.39, 0.29) is 5.91 Å². The molecular formula is C24H27N3O3. The van der Waals surface area contributed by atoms with Gasteiger partial charge in [-0.05, 0) is 48.7 Å². The number of hydrogen-bond acceptors (Lipinski definition) is 5. The van der Waals surface area contributed by atoms with Crippen LogP contribution >= 0.6 is 0 Å².